The Kier molecular flexibility index (Phi) is 18.0. The van der Waals surface area contributed by atoms with Gasteiger partial charge in [0, 0.05) is 54.8 Å². The molecule has 9 N–H and O–H groups in total. The minimum absolute atomic E-state index is 0.0211. The number of ketones is 1. The molecular weight excluding hydrogens is 779 g/mol. The molecule has 0 saturated carbocycles. The zero-order valence-electron chi connectivity index (χ0n) is 32.7. The molecule has 0 aliphatic rings. The molecule has 0 radical (unpaired) electrons. The van der Waals surface area contributed by atoms with Crippen LogP contribution in [0.3, 0.4) is 0 Å². The van der Waals surface area contributed by atoms with Gasteiger partial charge in [0.15, 0.2) is 5.78 Å². The molecule has 0 unspecified atom stereocenters. The maximum Gasteiger partial charge on any atom is 0.321 e. The van der Waals surface area contributed by atoms with Crippen LogP contribution in [-0.2, 0) is 35.3 Å². The van der Waals surface area contributed by atoms with E-state index in [4.69, 9.17) is 21.7 Å². The molecular formula is C40H52F2N6O9S. The van der Waals surface area contributed by atoms with E-state index in [1.54, 1.807) is 12.3 Å². The Morgan fingerprint density at radius 1 is 0.931 bits per heavy atom. The number of carbonyl (C=O) groups excluding carboxylic acids is 4. The van der Waals surface area contributed by atoms with Crippen LogP contribution in [0.2, 0.25) is 0 Å². The predicted molar refractivity (Wildman–Crippen MR) is 213 cm³/mol. The van der Waals surface area contributed by atoms with Crippen LogP contribution in [0.1, 0.15) is 63.8 Å². The van der Waals surface area contributed by atoms with Gasteiger partial charge in [0.2, 0.25) is 17.7 Å². The zero-order chi connectivity index (χ0) is 43.2. The number of amides is 3. The topological polar surface area (TPSA) is 247 Å². The maximum absolute atomic E-state index is 15.0. The van der Waals surface area contributed by atoms with Gasteiger partial charge < -0.3 is 46.9 Å². The molecule has 1 aromatic heterocycles. The number of carbonyl (C=O) groups is 6. The molecule has 2 aromatic carbocycles. The van der Waals surface area contributed by atoms with Crippen LogP contribution in [0.15, 0.2) is 60.8 Å². The summed E-state index contributed by atoms with van der Waals surface area (Å²) in [6, 6.07) is 11.1. The molecule has 0 spiro atoms. The number of hydrogen-bond donors (Lipinski definition) is 7. The molecule has 58 heavy (non-hydrogen) atoms. The second-order valence-corrected chi connectivity index (χ2v) is 16.1. The summed E-state index contributed by atoms with van der Waals surface area (Å²) in [6.07, 6.45) is 1.20. The standard InChI is InChI=1S/C40H52F2N6O9S/c1-40(2,3)36(32-16-25(28-17-26(41)11-12-29(28)42)21-47(32)20-24-8-5-4-6-9-24)48(34(51)22-49)15-13-30(43)37(54)45-14-7-10-27(50)19-46-38(55)33(18-35(52)53)58-23-31(44)39(56)57/h4-6,8-9,11-12,16-17,21,30-31,33,36,49H,7,10,13-15,18-20,22-23,43-44H2,1-3H3,(H,45,54)(H,46,55)(H,52,53)(H,56,57)/t30-,31-,33-,36-/m0/s1. The molecule has 3 amide bonds. The number of Topliss-reactive ketones (excluding diaryl/α,β-unsaturated/α-hetero) is 1. The van der Waals surface area contributed by atoms with Crippen molar-refractivity contribution < 1.29 is 52.9 Å². The summed E-state index contributed by atoms with van der Waals surface area (Å²) >= 11 is 0.756. The average molecular weight is 831 g/mol. The summed E-state index contributed by atoms with van der Waals surface area (Å²) in [5.41, 5.74) is 12.9. The SMILES string of the molecule is CC(C)(C)[C@H](c1cc(-c2cc(F)ccc2F)cn1Cc1ccccc1)N(CC[C@H](N)C(=O)NCCCC(=O)CNC(=O)[C@H](CC(=O)O)SC[C@H](N)C(=O)O)C(=O)CO. The fourth-order valence-corrected chi connectivity index (χ4v) is 7.28. The van der Waals surface area contributed by atoms with Crippen LogP contribution in [-0.4, -0.2) is 110 Å². The average Bonchev–Trinajstić information content (AvgIpc) is 3.57. The number of aromatic nitrogens is 1. The zero-order valence-corrected chi connectivity index (χ0v) is 33.5. The van der Waals surface area contributed by atoms with Crippen molar-refractivity contribution in [3.63, 3.8) is 0 Å². The van der Waals surface area contributed by atoms with E-state index < -0.39 is 95.4 Å². The third kappa shape index (κ3) is 14.3. The van der Waals surface area contributed by atoms with Gasteiger partial charge >= 0.3 is 11.9 Å². The Labute approximate surface area is 339 Å². The summed E-state index contributed by atoms with van der Waals surface area (Å²) in [6.45, 7) is 4.74. The molecule has 0 fully saturated rings. The van der Waals surface area contributed by atoms with Crippen LogP contribution < -0.4 is 22.1 Å². The minimum atomic E-state index is -1.31. The fourth-order valence-electron chi connectivity index (χ4n) is 6.20. The molecule has 0 saturated heterocycles. The number of aliphatic carboxylic acids is 2. The Hall–Kier alpha value is -5.17. The monoisotopic (exact) mass is 830 g/mol. The quantitative estimate of drug-likeness (QED) is 0.0682. The maximum atomic E-state index is 15.0. The molecule has 1 heterocycles. The third-order valence-corrected chi connectivity index (χ3v) is 10.4. The number of aliphatic hydroxyl groups is 1. The molecule has 316 valence electrons. The van der Waals surface area contributed by atoms with Gasteiger partial charge in [-0.05, 0) is 48.1 Å². The van der Waals surface area contributed by atoms with Crippen molar-refractivity contribution in [2.75, 3.05) is 32.0 Å². The number of carboxylic acids is 2. The van der Waals surface area contributed by atoms with Crippen molar-refractivity contribution in [1.82, 2.24) is 20.1 Å². The number of hydrogen-bond acceptors (Lipinski definition) is 10. The van der Waals surface area contributed by atoms with Gasteiger partial charge in [0.05, 0.1) is 30.3 Å². The minimum Gasteiger partial charge on any atom is -0.481 e. The molecule has 18 heteroatoms. The second kappa shape index (κ2) is 22.1. The smallest absolute Gasteiger partial charge is 0.321 e. The van der Waals surface area contributed by atoms with Gasteiger partial charge in [-0.2, -0.15) is 0 Å². The number of nitrogens with one attached hydrogen (secondary N) is 2. The summed E-state index contributed by atoms with van der Waals surface area (Å²) < 4.78 is 31.2. The van der Waals surface area contributed by atoms with Gasteiger partial charge in [-0.15, -0.1) is 11.8 Å². The van der Waals surface area contributed by atoms with Crippen LogP contribution in [0, 0.1) is 17.0 Å². The highest BCUT2D eigenvalue weighted by Gasteiger charge is 2.37. The second-order valence-electron chi connectivity index (χ2n) is 14.8. The number of benzene rings is 2. The number of nitrogens with two attached hydrogens (primary N) is 2. The van der Waals surface area contributed by atoms with Crippen molar-refractivity contribution in [2.45, 2.75) is 76.4 Å². The predicted octanol–water partition coefficient (Wildman–Crippen LogP) is 2.68. The lowest BCUT2D eigenvalue weighted by Gasteiger charge is -2.41. The molecule has 15 nitrogen and oxygen atoms in total. The summed E-state index contributed by atoms with van der Waals surface area (Å²) in [5.74, 6) is -6.43. The van der Waals surface area contributed by atoms with E-state index in [-0.39, 0.29) is 43.7 Å². The van der Waals surface area contributed by atoms with Crippen molar-refractivity contribution in [2.24, 2.45) is 16.9 Å². The number of carboxylic acid groups (broad SMARTS) is 2. The Balaban J connectivity index is 1.67. The van der Waals surface area contributed by atoms with Crippen molar-refractivity contribution >= 4 is 47.2 Å². The Bertz CT molecular complexity index is 1910. The number of halogens is 2. The van der Waals surface area contributed by atoms with Gasteiger partial charge in [-0.1, -0.05) is 51.1 Å². The molecule has 4 atom stereocenters. The lowest BCUT2D eigenvalue weighted by molar-refractivity contribution is -0.140. The molecule has 3 aromatic rings. The number of rotatable bonds is 23. The van der Waals surface area contributed by atoms with Crippen molar-refractivity contribution in [3.8, 4) is 11.1 Å². The van der Waals surface area contributed by atoms with Crippen LogP contribution in [0.4, 0.5) is 8.78 Å². The van der Waals surface area contributed by atoms with E-state index in [9.17, 15) is 38.3 Å². The molecule has 3 rings (SSSR count). The van der Waals surface area contributed by atoms with Crippen LogP contribution >= 0.6 is 11.8 Å². The van der Waals surface area contributed by atoms with Gasteiger partial charge in [0.25, 0.3) is 0 Å². The number of nitrogens with zero attached hydrogens (tertiary/aromatic N) is 2. The summed E-state index contributed by atoms with van der Waals surface area (Å²) in [4.78, 5) is 75.0. The van der Waals surface area contributed by atoms with E-state index >= 15 is 4.39 Å². The summed E-state index contributed by atoms with van der Waals surface area (Å²) in [7, 11) is 0. The van der Waals surface area contributed by atoms with E-state index in [2.05, 4.69) is 10.6 Å². The van der Waals surface area contributed by atoms with E-state index in [1.165, 1.54) is 4.90 Å². The van der Waals surface area contributed by atoms with E-state index in [0.29, 0.717) is 17.8 Å². The lowest BCUT2D eigenvalue weighted by atomic mass is 9.82. The fraction of sp³-hybridized carbons (Fsp3) is 0.450. The summed E-state index contributed by atoms with van der Waals surface area (Å²) in [5, 5.41) is 32.0. The third-order valence-electron chi connectivity index (χ3n) is 9.09. The highest BCUT2D eigenvalue weighted by molar-refractivity contribution is 8.00. The normalized spacial score (nSPS) is 13.5. The molecule has 0 aliphatic carbocycles. The van der Waals surface area contributed by atoms with E-state index in [0.717, 1.165) is 35.5 Å². The van der Waals surface area contributed by atoms with E-state index in [1.807, 2.05) is 55.7 Å². The first-order valence-corrected chi connectivity index (χ1v) is 19.6. The highest BCUT2D eigenvalue weighted by atomic mass is 32.2. The highest BCUT2D eigenvalue weighted by Crippen LogP contribution is 2.41. The van der Waals surface area contributed by atoms with Gasteiger partial charge in [-0.3, -0.25) is 28.8 Å². The molecule has 0 bridgehead atoms. The Morgan fingerprint density at radius 2 is 1.62 bits per heavy atom. The molecule has 0 aliphatic heterocycles. The number of thioether (sulfide) groups is 1. The van der Waals surface area contributed by atoms with Crippen LogP contribution in [0.25, 0.3) is 11.1 Å². The largest absolute Gasteiger partial charge is 0.481 e. The van der Waals surface area contributed by atoms with Crippen molar-refractivity contribution in [3.05, 3.63) is 83.7 Å². The Morgan fingerprint density at radius 3 is 2.24 bits per heavy atom. The lowest BCUT2D eigenvalue weighted by Crippen LogP contribution is -2.47. The first-order valence-electron chi connectivity index (χ1n) is 18.6. The number of aliphatic hydroxyl groups excluding tert-OH is 1. The van der Waals surface area contributed by atoms with Crippen molar-refractivity contribution in [1.29, 1.82) is 0 Å². The van der Waals surface area contributed by atoms with Crippen LogP contribution in [0.5, 0.6) is 0 Å². The van der Waals surface area contributed by atoms with Gasteiger partial charge in [0.1, 0.15) is 24.3 Å². The first-order chi connectivity index (χ1) is 27.3. The first kappa shape index (κ1) is 47.2. The van der Waals surface area contributed by atoms with Gasteiger partial charge in [-0.25, -0.2) is 8.78 Å².